The lowest BCUT2D eigenvalue weighted by Crippen LogP contribution is -2.14. The van der Waals surface area contributed by atoms with E-state index in [4.69, 9.17) is 0 Å². The van der Waals surface area contributed by atoms with Gasteiger partial charge in [0.1, 0.15) is 5.75 Å². The minimum atomic E-state index is -3.41. The SMILES string of the molecule is CCCCCCCCS(=O)(=O)Cc1cccc(O)c1CS(=O)(=O)CCCCCCCC. The minimum absolute atomic E-state index is 0.0669. The van der Waals surface area contributed by atoms with Gasteiger partial charge in [-0.25, -0.2) is 16.8 Å². The van der Waals surface area contributed by atoms with Crippen LogP contribution in [0.1, 0.15) is 102 Å². The van der Waals surface area contributed by atoms with Gasteiger partial charge in [-0.2, -0.15) is 0 Å². The monoisotopic (exact) mass is 474 g/mol. The van der Waals surface area contributed by atoms with Crippen molar-refractivity contribution in [2.45, 2.75) is 102 Å². The first kappa shape index (κ1) is 28.0. The van der Waals surface area contributed by atoms with E-state index in [9.17, 15) is 21.9 Å². The molecule has 0 amide bonds. The van der Waals surface area contributed by atoms with Crippen molar-refractivity contribution in [2.24, 2.45) is 0 Å². The summed E-state index contributed by atoms with van der Waals surface area (Å²) >= 11 is 0. The molecule has 0 aromatic heterocycles. The van der Waals surface area contributed by atoms with Crippen LogP contribution in [0.2, 0.25) is 0 Å². The van der Waals surface area contributed by atoms with Crippen molar-refractivity contribution in [2.75, 3.05) is 11.5 Å². The highest BCUT2D eigenvalue weighted by Gasteiger charge is 2.21. The standard InChI is InChI=1S/C24H42O5S2/c1-3-5-7-9-11-13-18-30(26,27)20-22-16-15-17-24(25)23(22)21-31(28,29)19-14-12-10-8-6-4-2/h15-17,25H,3-14,18-21H2,1-2H3. The van der Waals surface area contributed by atoms with Crippen molar-refractivity contribution in [3.8, 4) is 5.75 Å². The number of rotatable bonds is 18. The zero-order valence-corrected chi connectivity index (χ0v) is 21.1. The van der Waals surface area contributed by atoms with Gasteiger partial charge < -0.3 is 5.11 Å². The van der Waals surface area contributed by atoms with Crippen molar-refractivity contribution in [1.29, 1.82) is 0 Å². The lowest BCUT2D eigenvalue weighted by molar-refractivity contribution is 0.469. The molecule has 5 nitrogen and oxygen atoms in total. The average Bonchev–Trinajstić information content (AvgIpc) is 2.70. The molecule has 1 aromatic carbocycles. The number of hydrogen-bond acceptors (Lipinski definition) is 5. The van der Waals surface area contributed by atoms with Gasteiger partial charge in [0, 0.05) is 5.56 Å². The summed E-state index contributed by atoms with van der Waals surface area (Å²) in [6.45, 7) is 4.29. The second kappa shape index (κ2) is 14.9. The molecule has 0 spiro atoms. The summed E-state index contributed by atoms with van der Waals surface area (Å²) in [4.78, 5) is 0. The zero-order valence-electron chi connectivity index (χ0n) is 19.4. The number of phenolic OH excluding ortho intramolecular Hbond substituents is 1. The average molecular weight is 475 g/mol. The van der Waals surface area contributed by atoms with Crippen molar-refractivity contribution in [3.63, 3.8) is 0 Å². The molecule has 0 aliphatic rings. The number of benzene rings is 1. The summed E-state index contributed by atoms with van der Waals surface area (Å²) in [6.07, 6.45) is 11.9. The molecular weight excluding hydrogens is 432 g/mol. The van der Waals surface area contributed by atoms with Crippen LogP contribution in [0.4, 0.5) is 0 Å². The van der Waals surface area contributed by atoms with Crippen LogP contribution in [0.5, 0.6) is 5.75 Å². The van der Waals surface area contributed by atoms with E-state index in [2.05, 4.69) is 13.8 Å². The highest BCUT2D eigenvalue weighted by Crippen LogP contribution is 2.26. The minimum Gasteiger partial charge on any atom is -0.508 e. The Morgan fingerprint density at radius 3 is 1.61 bits per heavy atom. The number of sulfone groups is 2. The molecule has 0 aliphatic carbocycles. The van der Waals surface area contributed by atoms with E-state index in [-0.39, 0.29) is 34.3 Å². The van der Waals surface area contributed by atoms with Crippen LogP contribution in [-0.2, 0) is 31.2 Å². The molecule has 0 radical (unpaired) electrons. The van der Waals surface area contributed by atoms with E-state index < -0.39 is 19.7 Å². The van der Waals surface area contributed by atoms with Gasteiger partial charge in [-0.05, 0) is 24.5 Å². The molecule has 1 N–H and O–H groups in total. The quantitative estimate of drug-likeness (QED) is 0.266. The van der Waals surface area contributed by atoms with Gasteiger partial charge in [-0.15, -0.1) is 0 Å². The summed E-state index contributed by atoms with van der Waals surface area (Å²) in [7, 11) is -6.77. The maximum atomic E-state index is 12.6. The van der Waals surface area contributed by atoms with Gasteiger partial charge in [0.25, 0.3) is 0 Å². The van der Waals surface area contributed by atoms with Gasteiger partial charge in [0.2, 0.25) is 0 Å². The van der Waals surface area contributed by atoms with Crippen molar-refractivity contribution >= 4 is 19.7 Å². The molecule has 0 bridgehead atoms. The van der Waals surface area contributed by atoms with Crippen LogP contribution in [0, 0.1) is 0 Å². The highest BCUT2D eigenvalue weighted by atomic mass is 32.2. The van der Waals surface area contributed by atoms with E-state index in [0.29, 0.717) is 18.4 Å². The topological polar surface area (TPSA) is 88.5 Å². The molecular formula is C24H42O5S2. The fraction of sp³-hybridized carbons (Fsp3) is 0.750. The summed E-state index contributed by atoms with van der Waals surface area (Å²) in [6, 6.07) is 4.63. The van der Waals surface area contributed by atoms with Crippen LogP contribution >= 0.6 is 0 Å². The lowest BCUT2D eigenvalue weighted by atomic mass is 10.1. The lowest BCUT2D eigenvalue weighted by Gasteiger charge is -2.13. The molecule has 0 aliphatic heterocycles. The van der Waals surface area contributed by atoms with Gasteiger partial charge >= 0.3 is 0 Å². The Kier molecular flexibility index (Phi) is 13.4. The number of aromatic hydroxyl groups is 1. The third-order valence-corrected chi connectivity index (χ3v) is 8.91. The molecule has 0 heterocycles. The van der Waals surface area contributed by atoms with Crippen molar-refractivity contribution in [1.82, 2.24) is 0 Å². The van der Waals surface area contributed by atoms with Crippen LogP contribution in [0.3, 0.4) is 0 Å². The Morgan fingerprint density at radius 1 is 0.645 bits per heavy atom. The zero-order chi connectivity index (χ0) is 23.2. The van der Waals surface area contributed by atoms with Gasteiger partial charge in [0.15, 0.2) is 19.7 Å². The van der Waals surface area contributed by atoms with E-state index in [1.807, 2.05) is 0 Å². The van der Waals surface area contributed by atoms with E-state index >= 15 is 0 Å². The third kappa shape index (κ3) is 12.5. The van der Waals surface area contributed by atoms with Crippen molar-refractivity contribution in [3.05, 3.63) is 29.3 Å². The van der Waals surface area contributed by atoms with Gasteiger partial charge in [-0.3, -0.25) is 0 Å². The number of phenols is 1. The fourth-order valence-corrected chi connectivity index (χ4v) is 6.82. The van der Waals surface area contributed by atoms with E-state index in [1.54, 1.807) is 12.1 Å². The normalized spacial score (nSPS) is 12.3. The van der Waals surface area contributed by atoms with Gasteiger partial charge in [0.05, 0.1) is 23.0 Å². The molecule has 0 saturated heterocycles. The molecule has 1 rings (SSSR count). The maximum Gasteiger partial charge on any atom is 0.154 e. The van der Waals surface area contributed by atoms with Gasteiger partial charge in [-0.1, -0.05) is 90.2 Å². The second-order valence-corrected chi connectivity index (χ2v) is 13.0. The molecule has 0 fully saturated rings. The Bertz CT molecular complexity index is 830. The van der Waals surface area contributed by atoms with E-state index in [1.165, 1.54) is 18.9 Å². The van der Waals surface area contributed by atoms with E-state index in [0.717, 1.165) is 51.4 Å². The Hall–Kier alpha value is -1.08. The maximum absolute atomic E-state index is 12.6. The predicted molar refractivity (Wildman–Crippen MR) is 130 cm³/mol. The van der Waals surface area contributed by atoms with Crippen LogP contribution in [-0.4, -0.2) is 33.4 Å². The fourth-order valence-electron chi connectivity index (χ4n) is 3.73. The van der Waals surface area contributed by atoms with Crippen LogP contribution < -0.4 is 0 Å². The Labute approximate surface area is 190 Å². The first-order valence-corrected chi connectivity index (χ1v) is 15.6. The Balaban J connectivity index is 2.67. The third-order valence-electron chi connectivity index (χ3n) is 5.61. The molecule has 0 saturated carbocycles. The van der Waals surface area contributed by atoms with Crippen molar-refractivity contribution < 1.29 is 21.9 Å². The molecule has 7 heteroatoms. The second-order valence-electron chi connectivity index (χ2n) is 8.63. The first-order valence-electron chi connectivity index (χ1n) is 11.9. The Morgan fingerprint density at radius 2 is 1.10 bits per heavy atom. The summed E-state index contributed by atoms with van der Waals surface area (Å²) in [5, 5.41) is 10.3. The molecule has 0 unspecified atom stereocenters. The van der Waals surface area contributed by atoms with Crippen LogP contribution in [0.25, 0.3) is 0 Å². The van der Waals surface area contributed by atoms with Crippen LogP contribution in [0.15, 0.2) is 18.2 Å². The highest BCUT2D eigenvalue weighted by molar-refractivity contribution is 7.91. The predicted octanol–water partition coefficient (Wildman–Crippen LogP) is 5.94. The number of hydrogen-bond donors (Lipinski definition) is 1. The molecule has 31 heavy (non-hydrogen) atoms. The summed E-state index contributed by atoms with van der Waals surface area (Å²) < 4.78 is 50.4. The molecule has 1 aromatic rings. The molecule has 0 atom stereocenters. The molecule has 180 valence electrons. The first-order chi connectivity index (χ1) is 14.7. The summed E-state index contributed by atoms with van der Waals surface area (Å²) in [5.41, 5.74) is 0.637. The largest absolute Gasteiger partial charge is 0.508 e. The number of unbranched alkanes of at least 4 members (excludes halogenated alkanes) is 10. The summed E-state index contributed by atoms with van der Waals surface area (Å²) in [5.74, 6) is -0.510. The smallest absolute Gasteiger partial charge is 0.154 e.